The van der Waals surface area contributed by atoms with Crippen molar-refractivity contribution in [3.8, 4) is 5.75 Å². The summed E-state index contributed by atoms with van der Waals surface area (Å²) in [6.45, 7) is 3.97. The number of anilines is 1. The summed E-state index contributed by atoms with van der Waals surface area (Å²) in [5.41, 5.74) is 3.51. The Morgan fingerprint density at radius 2 is 1.84 bits per heavy atom. The summed E-state index contributed by atoms with van der Waals surface area (Å²) >= 11 is 0. The molecule has 0 spiro atoms. The van der Waals surface area contributed by atoms with Gasteiger partial charge in [-0.15, -0.1) is 0 Å². The van der Waals surface area contributed by atoms with Gasteiger partial charge in [-0.1, -0.05) is 24.3 Å². The van der Waals surface area contributed by atoms with Crippen molar-refractivity contribution >= 4 is 11.6 Å². The molecule has 0 unspecified atom stereocenters. The molecule has 19 heavy (non-hydrogen) atoms. The van der Waals surface area contributed by atoms with E-state index in [1.165, 1.54) is 0 Å². The second-order valence-corrected chi connectivity index (χ2v) is 4.47. The minimum absolute atomic E-state index is 0.161. The molecule has 0 fully saturated rings. The second-order valence-electron chi connectivity index (χ2n) is 4.47. The largest absolute Gasteiger partial charge is 0.496 e. The predicted octanol–water partition coefficient (Wildman–Crippen LogP) is 3.56. The van der Waals surface area contributed by atoms with E-state index in [0.717, 1.165) is 16.8 Å². The van der Waals surface area contributed by atoms with Crippen molar-refractivity contribution in [2.75, 3.05) is 12.4 Å². The lowest BCUT2D eigenvalue weighted by atomic mass is 10.1. The molecule has 2 aromatic rings. The van der Waals surface area contributed by atoms with Gasteiger partial charge in [-0.25, -0.2) is 0 Å². The van der Waals surface area contributed by atoms with Crippen molar-refractivity contribution < 1.29 is 9.53 Å². The number of benzene rings is 2. The molecule has 0 heterocycles. The Morgan fingerprint density at radius 1 is 1.11 bits per heavy atom. The highest BCUT2D eigenvalue weighted by atomic mass is 16.5. The first-order valence-corrected chi connectivity index (χ1v) is 6.13. The molecule has 0 atom stereocenters. The third kappa shape index (κ3) is 2.94. The Labute approximate surface area is 113 Å². The fourth-order valence-electron chi connectivity index (χ4n) is 1.89. The number of hydrogen-bond donors (Lipinski definition) is 1. The van der Waals surface area contributed by atoms with E-state index >= 15 is 0 Å². The maximum Gasteiger partial charge on any atom is 0.259 e. The van der Waals surface area contributed by atoms with Gasteiger partial charge in [0.1, 0.15) is 5.75 Å². The SMILES string of the molecule is COc1ccccc1C(=O)Nc1cc(C)ccc1C. The molecule has 0 aliphatic carbocycles. The molecule has 0 aliphatic heterocycles. The molecule has 3 heteroatoms. The molecule has 1 N–H and O–H groups in total. The quantitative estimate of drug-likeness (QED) is 0.910. The highest BCUT2D eigenvalue weighted by Crippen LogP contribution is 2.21. The van der Waals surface area contributed by atoms with Crippen molar-refractivity contribution in [1.82, 2.24) is 0 Å². The molecule has 0 radical (unpaired) electrons. The van der Waals surface area contributed by atoms with Gasteiger partial charge in [-0.05, 0) is 43.2 Å². The monoisotopic (exact) mass is 255 g/mol. The van der Waals surface area contributed by atoms with Crippen molar-refractivity contribution in [2.45, 2.75) is 13.8 Å². The lowest BCUT2D eigenvalue weighted by Gasteiger charge is -2.11. The van der Waals surface area contributed by atoms with E-state index in [2.05, 4.69) is 5.32 Å². The summed E-state index contributed by atoms with van der Waals surface area (Å²) < 4.78 is 5.20. The molecule has 2 aromatic carbocycles. The van der Waals surface area contributed by atoms with Crippen LogP contribution in [0.25, 0.3) is 0 Å². The minimum atomic E-state index is -0.161. The van der Waals surface area contributed by atoms with Crippen LogP contribution in [0.15, 0.2) is 42.5 Å². The molecule has 0 aromatic heterocycles. The zero-order valence-corrected chi connectivity index (χ0v) is 11.4. The molecule has 0 saturated heterocycles. The van der Waals surface area contributed by atoms with Gasteiger partial charge < -0.3 is 10.1 Å². The standard InChI is InChI=1S/C16H17NO2/c1-11-8-9-12(2)14(10-11)17-16(18)13-6-4-5-7-15(13)19-3/h4-10H,1-3H3,(H,17,18). The van der Waals surface area contributed by atoms with Crippen LogP contribution in [0.2, 0.25) is 0 Å². The Hall–Kier alpha value is -2.29. The zero-order valence-electron chi connectivity index (χ0n) is 11.4. The molecule has 0 aliphatic rings. The molecule has 0 bridgehead atoms. The van der Waals surface area contributed by atoms with Gasteiger partial charge in [0.15, 0.2) is 0 Å². The van der Waals surface area contributed by atoms with Gasteiger partial charge in [-0.2, -0.15) is 0 Å². The molecule has 1 amide bonds. The fourth-order valence-corrected chi connectivity index (χ4v) is 1.89. The van der Waals surface area contributed by atoms with Crippen LogP contribution >= 0.6 is 0 Å². The van der Waals surface area contributed by atoms with E-state index in [9.17, 15) is 4.79 Å². The van der Waals surface area contributed by atoms with E-state index in [1.54, 1.807) is 19.2 Å². The van der Waals surface area contributed by atoms with Crippen molar-refractivity contribution in [3.63, 3.8) is 0 Å². The van der Waals surface area contributed by atoms with E-state index in [0.29, 0.717) is 11.3 Å². The highest BCUT2D eigenvalue weighted by Gasteiger charge is 2.12. The molecular weight excluding hydrogens is 238 g/mol. The number of ether oxygens (including phenoxy) is 1. The van der Waals surface area contributed by atoms with Crippen LogP contribution in [-0.4, -0.2) is 13.0 Å². The minimum Gasteiger partial charge on any atom is -0.496 e. The van der Waals surface area contributed by atoms with Crippen LogP contribution in [0.4, 0.5) is 5.69 Å². The number of carbonyl (C=O) groups excluding carboxylic acids is 1. The number of hydrogen-bond acceptors (Lipinski definition) is 2. The Morgan fingerprint density at radius 3 is 2.58 bits per heavy atom. The first kappa shape index (κ1) is 13.1. The normalized spacial score (nSPS) is 10.1. The average molecular weight is 255 g/mol. The number of methoxy groups -OCH3 is 1. The van der Waals surface area contributed by atoms with Crippen LogP contribution in [0.3, 0.4) is 0 Å². The zero-order chi connectivity index (χ0) is 13.8. The van der Waals surface area contributed by atoms with Crippen LogP contribution in [-0.2, 0) is 0 Å². The van der Waals surface area contributed by atoms with Crippen molar-refractivity contribution in [2.24, 2.45) is 0 Å². The Balaban J connectivity index is 2.28. The number of carbonyl (C=O) groups is 1. The lowest BCUT2D eigenvalue weighted by molar-refractivity contribution is 0.102. The number of amides is 1. The second kappa shape index (κ2) is 5.57. The summed E-state index contributed by atoms with van der Waals surface area (Å²) in [7, 11) is 1.56. The summed E-state index contributed by atoms with van der Waals surface area (Å²) in [4.78, 5) is 12.3. The van der Waals surface area contributed by atoms with Crippen LogP contribution in [0.1, 0.15) is 21.5 Å². The van der Waals surface area contributed by atoms with E-state index in [1.807, 2.05) is 44.2 Å². The Bertz CT molecular complexity index is 605. The average Bonchev–Trinajstić information content (AvgIpc) is 2.42. The molecule has 0 saturated carbocycles. The van der Waals surface area contributed by atoms with Crippen molar-refractivity contribution in [3.05, 3.63) is 59.2 Å². The van der Waals surface area contributed by atoms with E-state index in [-0.39, 0.29) is 5.91 Å². The summed E-state index contributed by atoms with van der Waals surface area (Å²) in [6, 6.07) is 13.2. The van der Waals surface area contributed by atoms with Crippen LogP contribution < -0.4 is 10.1 Å². The van der Waals surface area contributed by atoms with Crippen molar-refractivity contribution in [1.29, 1.82) is 0 Å². The van der Waals surface area contributed by atoms with Gasteiger partial charge in [-0.3, -0.25) is 4.79 Å². The van der Waals surface area contributed by atoms with E-state index < -0.39 is 0 Å². The van der Waals surface area contributed by atoms with E-state index in [4.69, 9.17) is 4.74 Å². The molecule has 3 nitrogen and oxygen atoms in total. The Kier molecular flexibility index (Phi) is 3.85. The fraction of sp³-hybridized carbons (Fsp3) is 0.188. The van der Waals surface area contributed by atoms with Crippen LogP contribution in [0, 0.1) is 13.8 Å². The molecule has 2 rings (SSSR count). The third-order valence-electron chi connectivity index (χ3n) is 2.99. The number of nitrogens with one attached hydrogen (secondary N) is 1. The topological polar surface area (TPSA) is 38.3 Å². The smallest absolute Gasteiger partial charge is 0.259 e. The number of aryl methyl sites for hydroxylation is 2. The van der Waals surface area contributed by atoms with Gasteiger partial charge in [0.05, 0.1) is 12.7 Å². The predicted molar refractivity (Wildman–Crippen MR) is 76.9 cm³/mol. The maximum atomic E-state index is 12.3. The first-order chi connectivity index (χ1) is 9.11. The van der Waals surface area contributed by atoms with Gasteiger partial charge in [0.25, 0.3) is 5.91 Å². The number of rotatable bonds is 3. The first-order valence-electron chi connectivity index (χ1n) is 6.13. The summed E-state index contributed by atoms with van der Waals surface area (Å²) in [6.07, 6.45) is 0. The van der Waals surface area contributed by atoms with Gasteiger partial charge in [0, 0.05) is 5.69 Å². The maximum absolute atomic E-state index is 12.3. The molecule has 98 valence electrons. The highest BCUT2D eigenvalue weighted by molar-refractivity contribution is 6.06. The van der Waals surface area contributed by atoms with Gasteiger partial charge >= 0.3 is 0 Å². The lowest BCUT2D eigenvalue weighted by Crippen LogP contribution is -2.14. The van der Waals surface area contributed by atoms with Gasteiger partial charge in [0.2, 0.25) is 0 Å². The number of para-hydroxylation sites is 1. The molecular formula is C16H17NO2. The third-order valence-corrected chi connectivity index (χ3v) is 2.99. The summed E-state index contributed by atoms with van der Waals surface area (Å²) in [5, 5.41) is 2.92. The summed E-state index contributed by atoms with van der Waals surface area (Å²) in [5.74, 6) is 0.413. The van der Waals surface area contributed by atoms with Crippen LogP contribution in [0.5, 0.6) is 5.75 Å².